The molecule has 0 aromatic heterocycles. The van der Waals surface area contributed by atoms with Crippen molar-refractivity contribution in [1.29, 1.82) is 0 Å². The van der Waals surface area contributed by atoms with Gasteiger partial charge in [0.1, 0.15) is 0 Å². The number of hydrogen-bond acceptors (Lipinski definition) is 3. The van der Waals surface area contributed by atoms with Crippen molar-refractivity contribution in [3.8, 4) is 0 Å². The molecule has 0 radical (unpaired) electrons. The molecule has 3 rings (SSSR count). The van der Waals surface area contributed by atoms with Crippen molar-refractivity contribution in [1.82, 2.24) is 9.21 Å². The van der Waals surface area contributed by atoms with E-state index in [0.717, 1.165) is 45.1 Å². The first-order chi connectivity index (χ1) is 8.68. The summed E-state index contributed by atoms with van der Waals surface area (Å²) in [4.78, 5) is 2.53. The zero-order valence-corrected chi connectivity index (χ0v) is 11.9. The lowest BCUT2D eigenvalue weighted by molar-refractivity contribution is 0.111. The first kappa shape index (κ1) is 12.9. The molecule has 0 N–H and O–H groups in total. The maximum atomic E-state index is 12.1. The van der Waals surface area contributed by atoms with Crippen LogP contribution >= 0.6 is 0 Å². The molecule has 3 aliphatic rings. The van der Waals surface area contributed by atoms with E-state index in [2.05, 4.69) is 4.90 Å². The Kier molecular flexibility index (Phi) is 3.65. The largest absolute Gasteiger partial charge is 0.298 e. The van der Waals surface area contributed by atoms with Gasteiger partial charge in [-0.1, -0.05) is 19.3 Å². The summed E-state index contributed by atoms with van der Waals surface area (Å²) in [5.41, 5.74) is 0. The molecule has 0 aromatic rings. The lowest BCUT2D eigenvalue weighted by Gasteiger charge is -2.40. The van der Waals surface area contributed by atoms with Crippen molar-refractivity contribution < 1.29 is 8.42 Å². The van der Waals surface area contributed by atoms with E-state index in [1.54, 1.807) is 4.31 Å². The number of sulfonamides is 1. The van der Waals surface area contributed by atoms with E-state index in [-0.39, 0.29) is 5.25 Å². The lowest BCUT2D eigenvalue weighted by atomic mass is 9.94. The van der Waals surface area contributed by atoms with Crippen molar-refractivity contribution in [3.63, 3.8) is 0 Å². The number of nitrogens with zero attached hydrogens (tertiary/aromatic N) is 2. The molecule has 0 atom stereocenters. The van der Waals surface area contributed by atoms with Crippen LogP contribution in [0.15, 0.2) is 0 Å². The van der Waals surface area contributed by atoms with Crippen LogP contribution in [0.1, 0.15) is 44.9 Å². The van der Waals surface area contributed by atoms with Crippen LogP contribution in [0.2, 0.25) is 0 Å². The summed E-state index contributed by atoms with van der Waals surface area (Å²) in [7, 11) is -2.94. The molecule has 18 heavy (non-hydrogen) atoms. The molecule has 1 saturated heterocycles. The summed E-state index contributed by atoms with van der Waals surface area (Å²) in [6.07, 6.45) is 8.48. The van der Waals surface area contributed by atoms with Gasteiger partial charge in [-0.25, -0.2) is 8.42 Å². The van der Waals surface area contributed by atoms with E-state index in [1.807, 2.05) is 0 Å². The van der Waals surface area contributed by atoms with Crippen molar-refractivity contribution in [2.24, 2.45) is 0 Å². The van der Waals surface area contributed by atoms with Gasteiger partial charge in [-0.2, -0.15) is 4.31 Å². The third-order valence-corrected chi connectivity index (χ3v) is 7.07. The van der Waals surface area contributed by atoms with Crippen LogP contribution in [-0.2, 0) is 10.0 Å². The van der Waals surface area contributed by atoms with Gasteiger partial charge in [0, 0.05) is 32.2 Å². The Morgan fingerprint density at radius 1 is 0.778 bits per heavy atom. The standard InChI is InChI=1S/C13H24N2O2S/c16-18(17,13-6-7-13)15-10-8-14(9-11-15)12-4-2-1-3-5-12/h12-13H,1-11H2. The summed E-state index contributed by atoms with van der Waals surface area (Å²) < 4.78 is 26.0. The van der Waals surface area contributed by atoms with Gasteiger partial charge in [0.2, 0.25) is 10.0 Å². The van der Waals surface area contributed by atoms with E-state index >= 15 is 0 Å². The molecule has 0 bridgehead atoms. The fourth-order valence-electron chi connectivity index (χ4n) is 3.35. The average molecular weight is 272 g/mol. The van der Waals surface area contributed by atoms with Gasteiger partial charge in [-0.05, 0) is 25.7 Å². The molecule has 1 aliphatic heterocycles. The number of rotatable bonds is 3. The number of hydrogen-bond donors (Lipinski definition) is 0. The van der Waals surface area contributed by atoms with Crippen LogP contribution in [0.3, 0.4) is 0 Å². The summed E-state index contributed by atoms with van der Waals surface area (Å²) in [6.45, 7) is 3.32. The molecule has 0 unspecified atom stereocenters. The van der Waals surface area contributed by atoms with Crippen LogP contribution in [0, 0.1) is 0 Å². The molecule has 4 nitrogen and oxygen atoms in total. The van der Waals surface area contributed by atoms with Crippen LogP contribution in [0.5, 0.6) is 0 Å². The van der Waals surface area contributed by atoms with E-state index in [9.17, 15) is 8.42 Å². The van der Waals surface area contributed by atoms with Gasteiger partial charge in [0.25, 0.3) is 0 Å². The second-order valence-corrected chi connectivity index (χ2v) is 8.18. The molecule has 5 heteroatoms. The molecule has 2 saturated carbocycles. The van der Waals surface area contributed by atoms with Crippen molar-refractivity contribution in [2.45, 2.75) is 56.2 Å². The highest BCUT2D eigenvalue weighted by Crippen LogP contribution is 2.32. The highest BCUT2D eigenvalue weighted by Gasteiger charge is 2.41. The molecule has 2 aliphatic carbocycles. The number of piperazine rings is 1. The second kappa shape index (κ2) is 5.10. The van der Waals surface area contributed by atoms with Crippen molar-refractivity contribution in [3.05, 3.63) is 0 Å². The predicted molar refractivity (Wildman–Crippen MR) is 72.0 cm³/mol. The SMILES string of the molecule is O=S(=O)(C1CC1)N1CCN(C2CCCCC2)CC1. The van der Waals surface area contributed by atoms with Crippen LogP contribution in [-0.4, -0.2) is 55.1 Å². The molecule has 3 fully saturated rings. The minimum Gasteiger partial charge on any atom is -0.298 e. The zero-order chi connectivity index (χ0) is 12.6. The van der Waals surface area contributed by atoms with Crippen LogP contribution in [0.4, 0.5) is 0 Å². The van der Waals surface area contributed by atoms with Crippen LogP contribution < -0.4 is 0 Å². The summed E-state index contributed by atoms with van der Waals surface area (Å²) >= 11 is 0. The summed E-state index contributed by atoms with van der Waals surface area (Å²) in [5.74, 6) is 0. The Morgan fingerprint density at radius 2 is 1.39 bits per heavy atom. The topological polar surface area (TPSA) is 40.6 Å². The lowest BCUT2D eigenvalue weighted by Crippen LogP contribution is -2.52. The van der Waals surface area contributed by atoms with Gasteiger partial charge in [0.15, 0.2) is 0 Å². The fraction of sp³-hybridized carbons (Fsp3) is 1.00. The molecule has 1 heterocycles. The molecule has 0 aromatic carbocycles. The van der Waals surface area contributed by atoms with E-state index in [0.29, 0.717) is 0 Å². The average Bonchev–Trinajstić information content (AvgIpc) is 3.25. The van der Waals surface area contributed by atoms with Crippen LogP contribution in [0.25, 0.3) is 0 Å². The normalized spacial score (nSPS) is 29.6. The predicted octanol–water partition coefficient (Wildman–Crippen LogP) is 1.43. The summed E-state index contributed by atoms with van der Waals surface area (Å²) in [6, 6.07) is 0.726. The zero-order valence-electron chi connectivity index (χ0n) is 11.1. The van der Waals surface area contributed by atoms with Gasteiger partial charge in [-0.15, -0.1) is 0 Å². The molecule has 0 amide bonds. The minimum atomic E-state index is -2.94. The second-order valence-electron chi connectivity index (χ2n) is 5.97. The first-order valence-electron chi connectivity index (χ1n) is 7.41. The van der Waals surface area contributed by atoms with E-state index < -0.39 is 10.0 Å². The molecular weight excluding hydrogens is 248 g/mol. The fourth-order valence-corrected chi connectivity index (χ4v) is 5.17. The smallest absolute Gasteiger partial charge is 0.217 e. The maximum absolute atomic E-state index is 12.1. The Hall–Kier alpha value is -0.130. The van der Waals surface area contributed by atoms with Gasteiger partial charge in [0.05, 0.1) is 5.25 Å². The van der Waals surface area contributed by atoms with Gasteiger partial charge >= 0.3 is 0 Å². The van der Waals surface area contributed by atoms with Gasteiger partial charge in [-0.3, -0.25) is 4.90 Å². The first-order valence-corrected chi connectivity index (χ1v) is 8.91. The van der Waals surface area contributed by atoms with Crippen molar-refractivity contribution >= 4 is 10.0 Å². The molecule has 104 valence electrons. The molecule has 0 spiro atoms. The quantitative estimate of drug-likeness (QED) is 0.780. The Balaban J connectivity index is 1.54. The highest BCUT2D eigenvalue weighted by atomic mass is 32.2. The van der Waals surface area contributed by atoms with Crippen molar-refractivity contribution in [2.75, 3.05) is 26.2 Å². The molecular formula is C13H24N2O2S. The Morgan fingerprint density at radius 3 is 1.94 bits per heavy atom. The van der Waals surface area contributed by atoms with E-state index in [1.165, 1.54) is 32.1 Å². The highest BCUT2D eigenvalue weighted by molar-refractivity contribution is 7.90. The Labute approximate surface area is 110 Å². The summed E-state index contributed by atoms with van der Waals surface area (Å²) in [5, 5.41) is -0.0428. The van der Waals surface area contributed by atoms with E-state index in [4.69, 9.17) is 0 Å². The van der Waals surface area contributed by atoms with Gasteiger partial charge < -0.3 is 0 Å². The maximum Gasteiger partial charge on any atom is 0.217 e. The monoisotopic (exact) mass is 272 g/mol. The Bertz CT molecular complexity index is 378. The third kappa shape index (κ3) is 2.58. The minimum absolute atomic E-state index is 0.0428. The third-order valence-electron chi connectivity index (χ3n) is 4.67.